The fourth-order valence-corrected chi connectivity index (χ4v) is 2.25. The van der Waals surface area contributed by atoms with Crippen molar-refractivity contribution < 1.29 is 8.78 Å². The van der Waals surface area contributed by atoms with Gasteiger partial charge in [-0.3, -0.25) is 0 Å². The van der Waals surface area contributed by atoms with Crippen molar-refractivity contribution in [3.8, 4) is 0 Å². The smallest absolute Gasteiger partial charge is 0.262 e. The Balaban J connectivity index is 0.00000112. The summed E-state index contributed by atoms with van der Waals surface area (Å²) in [5.41, 5.74) is 0.907. The van der Waals surface area contributed by atoms with Gasteiger partial charge in [-0.15, -0.1) is 12.4 Å². The standard InChI is InChI=1S/C10H10BrF2N.ClH/c11-8-4-2-1-3-7(8)9-5-10(12,13)6-14-9;/h1-4,9,14H,5-6H2;1H. The van der Waals surface area contributed by atoms with Gasteiger partial charge in [-0.05, 0) is 11.6 Å². The molecule has 1 unspecified atom stereocenters. The summed E-state index contributed by atoms with van der Waals surface area (Å²) in [5.74, 6) is -2.57. The molecule has 84 valence electrons. The number of hydrogen-bond acceptors (Lipinski definition) is 1. The normalized spacial score (nSPS) is 23.5. The molecule has 1 nitrogen and oxygen atoms in total. The Bertz CT molecular complexity index is 346. The number of benzene rings is 1. The lowest BCUT2D eigenvalue weighted by Crippen LogP contribution is -2.19. The Labute approximate surface area is 102 Å². The first kappa shape index (κ1) is 12.9. The van der Waals surface area contributed by atoms with Crippen LogP contribution in [0.1, 0.15) is 18.0 Å². The van der Waals surface area contributed by atoms with E-state index >= 15 is 0 Å². The maximum absolute atomic E-state index is 12.9. The third-order valence-electron chi connectivity index (χ3n) is 2.39. The molecule has 15 heavy (non-hydrogen) atoms. The molecule has 1 aromatic rings. The average Bonchev–Trinajstić information content (AvgIpc) is 2.47. The second-order valence-electron chi connectivity index (χ2n) is 3.52. The number of alkyl halides is 2. The first-order chi connectivity index (χ1) is 6.58. The third kappa shape index (κ3) is 2.89. The maximum atomic E-state index is 12.9. The van der Waals surface area contributed by atoms with Gasteiger partial charge in [0.05, 0.1) is 6.54 Å². The van der Waals surface area contributed by atoms with Gasteiger partial charge in [0.25, 0.3) is 5.92 Å². The Hall–Kier alpha value is -0.190. The molecule has 2 rings (SSSR count). The Morgan fingerprint density at radius 1 is 1.33 bits per heavy atom. The van der Waals surface area contributed by atoms with Crippen LogP contribution >= 0.6 is 28.3 Å². The first-order valence-electron chi connectivity index (χ1n) is 4.44. The highest BCUT2D eigenvalue weighted by Crippen LogP contribution is 2.36. The lowest BCUT2D eigenvalue weighted by molar-refractivity contribution is 0.0210. The van der Waals surface area contributed by atoms with Crippen molar-refractivity contribution in [2.24, 2.45) is 0 Å². The van der Waals surface area contributed by atoms with Gasteiger partial charge >= 0.3 is 0 Å². The van der Waals surface area contributed by atoms with Gasteiger partial charge < -0.3 is 5.32 Å². The van der Waals surface area contributed by atoms with E-state index in [1.165, 1.54) is 0 Å². The number of hydrogen-bond donors (Lipinski definition) is 1. The summed E-state index contributed by atoms with van der Waals surface area (Å²) in [4.78, 5) is 0. The van der Waals surface area contributed by atoms with E-state index in [1.54, 1.807) is 0 Å². The minimum Gasteiger partial charge on any atom is -0.304 e. The Morgan fingerprint density at radius 3 is 2.53 bits per heavy atom. The SMILES string of the molecule is Cl.FC1(F)CNC(c2ccccc2Br)C1. The van der Waals surface area contributed by atoms with Crippen molar-refractivity contribution in [1.82, 2.24) is 5.32 Å². The van der Waals surface area contributed by atoms with Crippen molar-refractivity contribution in [3.05, 3.63) is 34.3 Å². The van der Waals surface area contributed by atoms with E-state index in [0.29, 0.717) is 0 Å². The van der Waals surface area contributed by atoms with Crippen molar-refractivity contribution in [3.63, 3.8) is 0 Å². The van der Waals surface area contributed by atoms with Crippen LogP contribution in [0.2, 0.25) is 0 Å². The van der Waals surface area contributed by atoms with Crippen LogP contribution in [0.5, 0.6) is 0 Å². The zero-order valence-electron chi connectivity index (χ0n) is 7.84. The van der Waals surface area contributed by atoms with E-state index in [-0.39, 0.29) is 31.4 Å². The van der Waals surface area contributed by atoms with E-state index in [4.69, 9.17) is 0 Å². The highest BCUT2D eigenvalue weighted by Gasteiger charge is 2.40. The van der Waals surface area contributed by atoms with Gasteiger partial charge in [-0.2, -0.15) is 0 Å². The lowest BCUT2D eigenvalue weighted by Gasteiger charge is -2.12. The number of rotatable bonds is 1. The van der Waals surface area contributed by atoms with E-state index in [1.807, 2.05) is 24.3 Å². The number of halogens is 4. The van der Waals surface area contributed by atoms with Gasteiger partial charge in [-0.25, -0.2) is 8.78 Å². The molecule has 0 aromatic heterocycles. The van der Waals surface area contributed by atoms with E-state index in [2.05, 4.69) is 21.2 Å². The zero-order valence-corrected chi connectivity index (χ0v) is 10.2. The molecule has 0 spiro atoms. The van der Waals surface area contributed by atoms with Crippen molar-refractivity contribution in [1.29, 1.82) is 0 Å². The molecule has 1 fully saturated rings. The van der Waals surface area contributed by atoms with Crippen LogP contribution < -0.4 is 5.32 Å². The number of nitrogens with one attached hydrogen (secondary N) is 1. The van der Waals surface area contributed by atoms with Crippen molar-refractivity contribution in [2.75, 3.05) is 6.54 Å². The summed E-state index contributed by atoms with van der Waals surface area (Å²) >= 11 is 3.36. The summed E-state index contributed by atoms with van der Waals surface area (Å²) < 4.78 is 26.8. The molecule has 1 aliphatic heterocycles. The molecule has 1 atom stereocenters. The summed E-state index contributed by atoms with van der Waals surface area (Å²) in [6, 6.07) is 7.23. The molecule has 0 bridgehead atoms. The average molecular weight is 299 g/mol. The topological polar surface area (TPSA) is 12.0 Å². The van der Waals surface area contributed by atoms with E-state index in [9.17, 15) is 8.78 Å². The minimum atomic E-state index is -2.57. The molecule has 1 aliphatic rings. The second-order valence-corrected chi connectivity index (χ2v) is 4.37. The van der Waals surface area contributed by atoms with Gasteiger partial charge in [0.2, 0.25) is 0 Å². The van der Waals surface area contributed by atoms with Gasteiger partial charge in [0.15, 0.2) is 0 Å². The molecule has 5 heteroatoms. The highest BCUT2D eigenvalue weighted by molar-refractivity contribution is 9.10. The first-order valence-corrected chi connectivity index (χ1v) is 5.23. The molecule has 0 amide bonds. The van der Waals surface area contributed by atoms with E-state index in [0.717, 1.165) is 10.0 Å². The van der Waals surface area contributed by atoms with E-state index < -0.39 is 5.92 Å². The fraction of sp³-hybridized carbons (Fsp3) is 0.400. The monoisotopic (exact) mass is 297 g/mol. The molecule has 1 aromatic carbocycles. The van der Waals surface area contributed by atoms with Crippen LogP contribution in [-0.4, -0.2) is 12.5 Å². The second kappa shape index (κ2) is 4.76. The molecular weight excluding hydrogens is 287 g/mol. The van der Waals surface area contributed by atoms with Crippen molar-refractivity contribution >= 4 is 28.3 Å². The highest BCUT2D eigenvalue weighted by atomic mass is 79.9. The minimum absolute atomic E-state index is 0. The molecule has 1 saturated heterocycles. The maximum Gasteiger partial charge on any atom is 0.262 e. The van der Waals surface area contributed by atoms with Crippen LogP contribution in [0.15, 0.2) is 28.7 Å². The van der Waals surface area contributed by atoms with Crippen LogP contribution in [0.4, 0.5) is 8.78 Å². The fourth-order valence-electron chi connectivity index (χ4n) is 1.69. The predicted molar refractivity (Wildman–Crippen MR) is 61.7 cm³/mol. The van der Waals surface area contributed by atoms with Crippen LogP contribution in [0, 0.1) is 0 Å². The Kier molecular flexibility index (Phi) is 4.09. The van der Waals surface area contributed by atoms with Gasteiger partial charge in [0, 0.05) is 16.9 Å². The molecule has 0 aliphatic carbocycles. The predicted octanol–water partition coefficient (Wildman–Crippen LogP) is 3.54. The summed E-state index contributed by atoms with van der Waals surface area (Å²) in [6.07, 6.45) is -0.115. The van der Waals surface area contributed by atoms with Gasteiger partial charge in [0.1, 0.15) is 0 Å². The summed E-state index contributed by atoms with van der Waals surface area (Å²) in [7, 11) is 0. The van der Waals surface area contributed by atoms with Gasteiger partial charge in [-0.1, -0.05) is 34.1 Å². The molecule has 0 radical (unpaired) electrons. The largest absolute Gasteiger partial charge is 0.304 e. The quantitative estimate of drug-likeness (QED) is 0.836. The van der Waals surface area contributed by atoms with Crippen LogP contribution in [0.3, 0.4) is 0 Å². The van der Waals surface area contributed by atoms with Crippen molar-refractivity contribution in [2.45, 2.75) is 18.4 Å². The van der Waals surface area contributed by atoms with Crippen LogP contribution in [-0.2, 0) is 0 Å². The molecule has 1 N–H and O–H groups in total. The lowest BCUT2D eigenvalue weighted by atomic mass is 10.0. The zero-order chi connectivity index (χ0) is 10.2. The Morgan fingerprint density at radius 2 is 2.00 bits per heavy atom. The summed E-state index contributed by atoms with van der Waals surface area (Å²) in [6.45, 7) is -0.223. The third-order valence-corrected chi connectivity index (χ3v) is 3.11. The molecule has 0 saturated carbocycles. The van der Waals surface area contributed by atoms with Crippen LogP contribution in [0.25, 0.3) is 0 Å². The molecular formula is C10H11BrClF2N. The summed E-state index contributed by atoms with van der Waals surface area (Å²) in [5, 5.41) is 2.82. The molecule has 1 heterocycles.